The second-order valence-corrected chi connectivity index (χ2v) is 5.89. The van der Waals surface area contributed by atoms with Crippen molar-refractivity contribution in [1.82, 2.24) is 0 Å². The zero-order valence-corrected chi connectivity index (χ0v) is 9.32. The number of hydrogen-bond donors (Lipinski definition) is 0. The monoisotopic (exact) mass is 196 g/mol. The molecule has 5 atom stereocenters. The lowest BCUT2D eigenvalue weighted by Gasteiger charge is -2.34. The van der Waals surface area contributed by atoms with Gasteiger partial charge in [0.1, 0.15) is 0 Å². The third-order valence-corrected chi connectivity index (χ3v) is 4.75. The Labute approximate surface area is 86.0 Å². The molecule has 0 amide bonds. The van der Waals surface area contributed by atoms with Crippen molar-refractivity contribution < 1.29 is 9.47 Å². The first-order valence-electron chi connectivity index (χ1n) is 5.86. The van der Waals surface area contributed by atoms with Crippen LogP contribution in [0.25, 0.3) is 0 Å². The first-order valence-corrected chi connectivity index (χ1v) is 5.86. The van der Waals surface area contributed by atoms with Crippen LogP contribution in [0.3, 0.4) is 0 Å². The molecule has 0 aromatic carbocycles. The summed E-state index contributed by atoms with van der Waals surface area (Å²) in [6.45, 7) is 8.96. The first-order chi connectivity index (χ1) is 6.63. The molecule has 3 fully saturated rings. The number of ether oxygens (including phenoxy) is 2. The van der Waals surface area contributed by atoms with Crippen LogP contribution in [0.15, 0.2) is 0 Å². The summed E-state index contributed by atoms with van der Waals surface area (Å²) in [7, 11) is 0. The molecule has 5 unspecified atom stereocenters. The van der Waals surface area contributed by atoms with Crippen LogP contribution in [-0.2, 0) is 9.47 Å². The SMILES string of the molecule is CC(C)C1C2COC3OCC1(C)C3C2. The van der Waals surface area contributed by atoms with E-state index in [0.717, 1.165) is 31.0 Å². The van der Waals surface area contributed by atoms with E-state index in [-0.39, 0.29) is 6.29 Å². The summed E-state index contributed by atoms with van der Waals surface area (Å²) >= 11 is 0. The minimum absolute atomic E-state index is 0.125. The fourth-order valence-corrected chi connectivity index (χ4v) is 4.39. The van der Waals surface area contributed by atoms with Gasteiger partial charge in [0.15, 0.2) is 6.29 Å². The molecule has 14 heavy (non-hydrogen) atoms. The molecule has 0 aromatic heterocycles. The van der Waals surface area contributed by atoms with E-state index in [1.54, 1.807) is 0 Å². The Hall–Kier alpha value is -0.0800. The molecule has 0 N–H and O–H groups in total. The van der Waals surface area contributed by atoms with Crippen LogP contribution >= 0.6 is 0 Å². The molecular formula is C12H20O2. The lowest BCUT2D eigenvalue weighted by Crippen LogP contribution is -2.33. The fraction of sp³-hybridized carbons (Fsp3) is 1.00. The minimum Gasteiger partial charge on any atom is -0.352 e. The molecule has 3 rings (SSSR count). The normalized spacial score (nSPS) is 55.7. The van der Waals surface area contributed by atoms with Crippen LogP contribution in [0.4, 0.5) is 0 Å². The molecule has 2 aliphatic heterocycles. The Balaban J connectivity index is 1.99. The van der Waals surface area contributed by atoms with Crippen molar-refractivity contribution in [3.05, 3.63) is 0 Å². The standard InChI is InChI=1S/C12H20O2/c1-7(2)10-8-4-9-11(13-5-8)14-6-12(9,10)3/h7-11H,4-6H2,1-3H3. The lowest BCUT2D eigenvalue weighted by atomic mass is 9.70. The molecule has 80 valence electrons. The van der Waals surface area contributed by atoms with Gasteiger partial charge in [-0.3, -0.25) is 0 Å². The van der Waals surface area contributed by atoms with Crippen LogP contribution in [0.2, 0.25) is 0 Å². The molecule has 0 radical (unpaired) electrons. The second-order valence-electron chi connectivity index (χ2n) is 5.89. The van der Waals surface area contributed by atoms with Crippen LogP contribution in [0.5, 0.6) is 0 Å². The van der Waals surface area contributed by atoms with Crippen molar-refractivity contribution in [3.63, 3.8) is 0 Å². The zero-order chi connectivity index (χ0) is 9.92. The van der Waals surface area contributed by atoms with Gasteiger partial charge in [-0.25, -0.2) is 0 Å². The maximum Gasteiger partial charge on any atom is 0.161 e. The Morgan fingerprint density at radius 3 is 2.79 bits per heavy atom. The quantitative estimate of drug-likeness (QED) is 0.640. The fourth-order valence-electron chi connectivity index (χ4n) is 4.39. The van der Waals surface area contributed by atoms with Crippen molar-refractivity contribution >= 4 is 0 Å². The summed E-state index contributed by atoms with van der Waals surface area (Å²) in [4.78, 5) is 0. The Kier molecular flexibility index (Phi) is 1.79. The smallest absolute Gasteiger partial charge is 0.161 e. The maximum atomic E-state index is 5.78. The van der Waals surface area contributed by atoms with Crippen LogP contribution in [-0.4, -0.2) is 19.5 Å². The van der Waals surface area contributed by atoms with Gasteiger partial charge in [0.2, 0.25) is 0 Å². The number of rotatable bonds is 1. The van der Waals surface area contributed by atoms with Crippen molar-refractivity contribution in [3.8, 4) is 0 Å². The van der Waals surface area contributed by atoms with Gasteiger partial charge in [-0.05, 0) is 24.2 Å². The van der Waals surface area contributed by atoms with E-state index >= 15 is 0 Å². The molecule has 1 saturated carbocycles. The molecule has 0 spiro atoms. The van der Waals surface area contributed by atoms with Gasteiger partial charge in [0, 0.05) is 11.3 Å². The third kappa shape index (κ3) is 0.938. The highest BCUT2D eigenvalue weighted by atomic mass is 16.7. The van der Waals surface area contributed by atoms with E-state index in [4.69, 9.17) is 9.47 Å². The van der Waals surface area contributed by atoms with Gasteiger partial charge in [-0.15, -0.1) is 0 Å². The van der Waals surface area contributed by atoms with Crippen LogP contribution in [0, 0.1) is 29.1 Å². The number of hydrogen-bond acceptors (Lipinski definition) is 2. The van der Waals surface area contributed by atoms with Crippen molar-refractivity contribution in [2.45, 2.75) is 33.5 Å². The molecule has 2 bridgehead atoms. The molecular weight excluding hydrogens is 176 g/mol. The summed E-state index contributed by atoms with van der Waals surface area (Å²) < 4.78 is 11.5. The average Bonchev–Trinajstić information content (AvgIpc) is 2.52. The van der Waals surface area contributed by atoms with Gasteiger partial charge in [0.25, 0.3) is 0 Å². The van der Waals surface area contributed by atoms with Crippen molar-refractivity contribution in [1.29, 1.82) is 0 Å². The van der Waals surface area contributed by atoms with Gasteiger partial charge in [-0.2, -0.15) is 0 Å². The van der Waals surface area contributed by atoms with Crippen LogP contribution < -0.4 is 0 Å². The lowest BCUT2D eigenvalue weighted by molar-refractivity contribution is -0.167. The largest absolute Gasteiger partial charge is 0.352 e. The summed E-state index contributed by atoms with van der Waals surface area (Å²) in [5, 5.41) is 0. The van der Waals surface area contributed by atoms with Gasteiger partial charge in [-0.1, -0.05) is 20.8 Å². The van der Waals surface area contributed by atoms with E-state index in [1.165, 1.54) is 6.42 Å². The van der Waals surface area contributed by atoms with E-state index in [1.807, 2.05) is 0 Å². The topological polar surface area (TPSA) is 18.5 Å². The highest BCUT2D eigenvalue weighted by molar-refractivity contribution is 5.06. The molecule has 2 saturated heterocycles. The predicted molar refractivity (Wildman–Crippen MR) is 53.7 cm³/mol. The predicted octanol–water partition coefficient (Wildman–Crippen LogP) is 2.29. The summed E-state index contributed by atoms with van der Waals surface area (Å²) in [5.74, 6) is 3.04. The maximum absolute atomic E-state index is 5.78. The van der Waals surface area contributed by atoms with Gasteiger partial charge < -0.3 is 9.47 Å². The zero-order valence-electron chi connectivity index (χ0n) is 9.32. The molecule has 3 aliphatic rings. The van der Waals surface area contributed by atoms with Gasteiger partial charge in [0.05, 0.1) is 13.2 Å². The van der Waals surface area contributed by atoms with Crippen molar-refractivity contribution in [2.75, 3.05) is 13.2 Å². The van der Waals surface area contributed by atoms with Crippen LogP contribution in [0.1, 0.15) is 27.2 Å². The second kappa shape index (κ2) is 2.73. The summed E-state index contributed by atoms with van der Waals surface area (Å²) in [6, 6.07) is 0. The minimum atomic E-state index is 0.125. The Morgan fingerprint density at radius 1 is 1.29 bits per heavy atom. The van der Waals surface area contributed by atoms with E-state index < -0.39 is 0 Å². The summed E-state index contributed by atoms with van der Waals surface area (Å²) in [6.07, 6.45) is 1.46. The number of fused-ring (bicyclic) bond motifs is 1. The highest BCUT2D eigenvalue weighted by Crippen LogP contribution is 2.61. The van der Waals surface area contributed by atoms with E-state index in [0.29, 0.717) is 11.3 Å². The molecule has 2 heterocycles. The average molecular weight is 196 g/mol. The summed E-state index contributed by atoms with van der Waals surface area (Å²) in [5.41, 5.74) is 0.403. The molecule has 2 heteroatoms. The third-order valence-electron chi connectivity index (χ3n) is 4.75. The van der Waals surface area contributed by atoms with Crippen molar-refractivity contribution in [2.24, 2.45) is 29.1 Å². The van der Waals surface area contributed by atoms with Gasteiger partial charge >= 0.3 is 0 Å². The van der Waals surface area contributed by atoms with E-state index in [9.17, 15) is 0 Å². The molecule has 2 nitrogen and oxygen atoms in total. The molecule has 1 aliphatic carbocycles. The van der Waals surface area contributed by atoms with E-state index in [2.05, 4.69) is 20.8 Å². The molecule has 0 aromatic rings. The Bertz CT molecular complexity index is 249. The Morgan fingerprint density at radius 2 is 2.07 bits per heavy atom. The first kappa shape index (κ1) is 9.17. The highest BCUT2D eigenvalue weighted by Gasteiger charge is 2.62.